The first-order chi connectivity index (χ1) is 20.3. The summed E-state index contributed by atoms with van der Waals surface area (Å²) in [6.07, 6.45) is -9.42. The molecule has 11 heteroatoms. The van der Waals surface area contributed by atoms with Gasteiger partial charge in [-0.15, -0.1) is 0 Å². The number of nitrogens with zero attached hydrogens (tertiary/aromatic N) is 3. The van der Waals surface area contributed by atoms with Crippen molar-refractivity contribution in [3.63, 3.8) is 0 Å². The zero-order valence-corrected chi connectivity index (χ0v) is 24.1. The quantitative estimate of drug-likeness (QED) is 0.306. The Morgan fingerprint density at radius 2 is 1.37 bits per heavy atom. The number of carbonyl (C=O) groups is 1. The van der Waals surface area contributed by atoms with Crippen LogP contribution in [0.1, 0.15) is 40.9 Å². The lowest BCUT2D eigenvalue weighted by Gasteiger charge is -2.43. The van der Waals surface area contributed by atoms with Gasteiger partial charge in [0.05, 0.1) is 23.3 Å². The Morgan fingerprint density at radius 1 is 0.767 bits per heavy atom. The minimum absolute atomic E-state index is 0.0502. The van der Waals surface area contributed by atoms with E-state index < -0.39 is 41.0 Å². The van der Waals surface area contributed by atoms with Gasteiger partial charge in [0.25, 0.3) is 5.91 Å². The highest BCUT2D eigenvalue weighted by Crippen LogP contribution is 2.37. The Labute approximate surface area is 247 Å². The van der Waals surface area contributed by atoms with E-state index in [0.29, 0.717) is 31.6 Å². The number of hydrogen-bond donors (Lipinski definition) is 0. The first-order valence-electron chi connectivity index (χ1n) is 14.4. The molecule has 0 N–H and O–H groups in total. The molecule has 0 aromatic heterocycles. The third-order valence-electron chi connectivity index (χ3n) is 8.18. The molecule has 2 aliphatic rings. The van der Waals surface area contributed by atoms with Crippen LogP contribution in [0.5, 0.6) is 0 Å². The Balaban J connectivity index is 1.41. The SMILES string of the molecule is CC1CN(CCN2CCN(C(=O)c3cc(C(F)(F)F)cc(C(F)(F)F)c3)[C@H](Cc3ccc4ccccc4c3)C2)CC(C)O1. The molecule has 0 bridgehead atoms. The monoisotopic (exact) mass is 607 g/mol. The predicted molar refractivity (Wildman–Crippen MR) is 152 cm³/mol. The van der Waals surface area contributed by atoms with Crippen molar-refractivity contribution in [1.82, 2.24) is 14.7 Å². The number of alkyl halides is 6. The lowest BCUT2D eigenvalue weighted by atomic mass is 9.97. The van der Waals surface area contributed by atoms with Crippen molar-refractivity contribution in [2.24, 2.45) is 0 Å². The van der Waals surface area contributed by atoms with Crippen molar-refractivity contribution in [3.05, 3.63) is 82.9 Å². The molecule has 5 rings (SSSR count). The summed E-state index contributed by atoms with van der Waals surface area (Å²) in [5.41, 5.74) is -2.68. The van der Waals surface area contributed by atoms with Gasteiger partial charge in [0, 0.05) is 57.4 Å². The number of rotatable bonds is 6. The van der Waals surface area contributed by atoms with E-state index >= 15 is 0 Å². The minimum atomic E-state index is -5.03. The van der Waals surface area contributed by atoms with Crippen molar-refractivity contribution in [2.75, 3.05) is 45.8 Å². The first kappa shape index (κ1) is 31.3. The number of amides is 1. The van der Waals surface area contributed by atoms with E-state index in [2.05, 4.69) is 9.80 Å². The average Bonchev–Trinajstić information content (AvgIpc) is 2.94. The number of benzene rings is 3. The number of morpholine rings is 1. The summed E-state index contributed by atoms with van der Waals surface area (Å²) in [6.45, 7) is 8.27. The summed E-state index contributed by atoms with van der Waals surface area (Å²) in [7, 11) is 0. The molecule has 0 radical (unpaired) electrons. The summed E-state index contributed by atoms with van der Waals surface area (Å²) < 4.78 is 87.2. The fraction of sp³-hybridized carbons (Fsp3) is 0.469. The molecule has 2 fully saturated rings. The van der Waals surface area contributed by atoms with Gasteiger partial charge in [-0.2, -0.15) is 26.3 Å². The highest BCUT2D eigenvalue weighted by molar-refractivity contribution is 5.95. The van der Waals surface area contributed by atoms with Crippen LogP contribution >= 0.6 is 0 Å². The topological polar surface area (TPSA) is 36.0 Å². The molecule has 0 spiro atoms. The Morgan fingerprint density at radius 3 is 2.00 bits per heavy atom. The van der Waals surface area contributed by atoms with Crippen molar-refractivity contribution in [3.8, 4) is 0 Å². The van der Waals surface area contributed by atoms with Crippen LogP contribution in [0.25, 0.3) is 10.8 Å². The maximum atomic E-state index is 13.7. The van der Waals surface area contributed by atoms with Crippen molar-refractivity contribution < 1.29 is 35.9 Å². The van der Waals surface area contributed by atoms with E-state index in [-0.39, 0.29) is 24.8 Å². The van der Waals surface area contributed by atoms with Gasteiger partial charge in [-0.3, -0.25) is 14.6 Å². The molecule has 232 valence electrons. The van der Waals surface area contributed by atoms with Gasteiger partial charge < -0.3 is 9.64 Å². The van der Waals surface area contributed by atoms with Gasteiger partial charge in [-0.05, 0) is 54.8 Å². The number of hydrogen-bond acceptors (Lipinski definition) is 4. The zero-order chi connectivity index (χ0) is 30.9. The minimum Gasteiger partial charge on any atom is -0.373 e. The summed E-state index contributed by atoms with van der Waals surface area (Å²) >= 11 is 0. The Hall–Kier alpha value is -3.15. The van der Waals surface area contributed by atoms with Gasteiger partial charge >= 0.3 is 12.4 Å². The van der Waals surface area contributed by atoms with Gasteiger partial charge in [-0.1, -0.05) is 42.5 Å². The van der Waals surface area contributed by atoms with E-state index in [1.165, 1.54) is 4.90 Å². The lowest BCUT2D eigenvalue weighted by molar-refractivity contribution is -0.143. The molecular weight excluding hydrogens is 572 g/mol. The second-order valence-electron chi connectivity index (χ2n) is 11.7. The molecule has 0 saturated carbocycles. The van der Waals surface area contributed by atoms with E-state index in [1.807, 2.05) is 56.3 Å². The fourth-order valence-corrected chi connectivity index (χ4v) is 6.20. The zero-order valence-electron chi connectivity index (χ0n) is 24.1. The van der Waals surface area contributed by atoms with Crippen LogP contribution < -0.4 is 0 Å². The van der Waals surface area contributed by atoms with Crippen LogP contribution in [0, 0.1) is 0 Å². The molecular formula is C32H35F6N3O2. The van der Waals surface area contributed by atoms with Crippen LogP contribution in [0.3, 0.4) is 0 Å². The number of fused-ring (bicyclic) bond motifs is 1. The number of piperazine rings is 1. The third kappa shape index (κ3) is 7.69. The summed E-state index contributed by atoms with van der Waals surface area (Å²) in [5, 5.41) is 2.05. The molecule has 5 nitrogen and oxygen atoms in total. The van der Waals surface area contributed by atoms with E-state index in [9.17, 15) is 31.1 Å². The first-order valence-corrected chi connectivity index (χ1v) is 14.4. The van der Waals surface area contributed by atoms with Crippen LogP contribution in [-0.2, 0) is 23.5 Å². The average molecular weight is 608 g/mol. The van der Waals surface area contributed by atoms with Crippen molar-refractivity contribution >= 4 is 16.7 Å². The smallest absolute Gasteiger partial charge is 0.373 e. The van der Waals surface area contributed by atoms with Crippen LogP contribution in [0.4, 0.5) is 26.3 Å². The normalized spacial score (nSPS) is 22.7. The Kier molecular flexibility index (Phi) is 9.06. The highest BCUT2D eigenvalue weighted by atomic mass is 19.4. The second kappa shape index (κ2) is 12.5. The van der Waals surface area contributed by atoms with Gasteiger partial charge in [-0.25, -0.2) is 0 Å². The molecule has 0 aliphatic carbocycles. The highest BCUT2D eigenvalue weighted by Gasteiger charge is 2.39. The molecule has 2 heterocycles. The van der Waals surface area contributed by atoms with Crippen molar-refractivity contribution in [2.45, 2.75) is 50.9 Å². The standard InChI is InChI=1S/C32H35F6N3O2/c1-21-18-40(19-22(2)43-21)10-9-39-11-12-41(29(20-39)14-23-7-8-24-5-3-4-6-25(24)13-23)30(42)26-15-27(31(33,34)35)17-28(16-26)32(36,37)38/h3-8,13,15-17,21-22,29H,9-12,14,18-20H2,1-2H3/t21?,22?,29-/m1/s1. The Bertz CT molecular complexity index is 1400. The van der Waals surface area contributed by atoms with E-state index in [0.717, 1.165) is 42.5 Å². The van der Waals surface area contributed by atoms with Gasteiger partial charge in [0.15, 0.2) is 0 Å². The van der Waals surface area contributed by atoms with Crippen LogP contribution in [0.2, 0.25) is 0 Å². The maximum Gasteiger partial charge on any atom is 0.416 e. The summed E-state index contributed by atoms with van der Waals surface area (Å²) in [5.74, 6) is -0.835. The second-order valence-corrected chi connectivity index (χ2v) is 11.7. The van der Waals surface area contributed by atoms with E-state index in [1.54, 1.807) is 0 Å². The summed E-state index contributed by atoms with van der Waals surface area (Å²) in [6, 6.07) is 14.4. The predicted octanol–water partition coefficient (Wildman–Crippen LogP) is 6.36. The molecule has 1 amide bonds. The lowest BCUT2D eigenvalue weighted by Crippen LogP contribution is -2.57. The molecule has 3 aromatic rings. The molecule has 43 heavy (non-hydrogen) atoms. The van der Waals surface area contributed by atoms with Gasteiger partial charge in [0.1, 0.15) is 0 Å². The number of ether oxygens (including phenoxy) is 1. The summed E-state index contributed by atoms with van der Waals surface area (Å²) in [4.78, 5) is 19.7. The number of halogens is 6. The largest absolute Gasteiger partial charge is 0.416 e. The molecule has 3 aromatic carbocycles. The van der Waals surface area contributed by atoms with Crippen LogP contribution in [0.15, 0.2) is 60.7 Å². The third-order valence-corrected chi connectivity index (χ3v) is 8.18. The number of carbonyl (C=O) groups excluding carboxylic acids is 1. The van der Waals surface area contributed by atoms with Crippen molar-refractivity contribution in [1.29, 1.82) is 0 Å². The molecule has 2 aliphatic heterocycles. The van der Waals surface area contributed by atoms with Gasteiger partial charge in [0.2, 0.25) is 0 Å². The van der Waals surface area contributed by atoms with E-state index in [4.69, 9.17) is 4.74 Å². The fourth-order valence-electron chi connectivity index (χ4n) is 6.20. The molecule has 3 atom stereocenters. The molecule has 2 unspecified atom stereocenters. The maximum absolute atomic E-state index is 13.7. The van der Waals surface area contributed by atoms with Crippen LogP contribution in [-0.4, -0.2) is 84.7 Å². The molecule has 2 saturated heterocycles.